The average molecular weight is 470 g/mol. The minimum Gasteiger partial charge on any atom is -0.346 e. The number of aromatic nitrogens is 2. The summed E-state index contributed by atoms with van der Waals surface area (Å²) in [4.78, 5) is 19.5. The molecule has 168 valence electrons. The first-order chi connectivity index (χ1) is 15.0. The number of carbonyl (C=O) groups is 1. The zero-order valence-corrected chi connectivity index (χ0v) is 17.4. The largest absolute Gasteiger partial charge is 0.346 e. The predicted molar refractivity (Wildman–Crippen MR) is 109 cm³/mol. The Morgan fingerprint density at radius 2 is 1.75 bits per heavy atom. The fourth-order valence-electron chi connectivity index (χ4n) is 3.01. The fourth-order valence-corrected chi connectivity index (χ4v) is 3.31. The third-order valence-corrected chi connectivity index (χ3v) is 5.02. The molecule has 0 unspecified atom stereocenters. The Labute approximate surface area is 185 Å². The van der Waals surface area contributed by atoms with Gasteiger partial charge >= 0.3 is 5.92 Å². The molecule has 3 aromatic rings. The maximum Gasteiger partial charge on any atom is 0.308 e. The molecule has 0 atom stereocenters. The van der Waals surface area contributed by atoms with Gasteiger partial charge in [-0.25, -0.2) is 13.8 Å². The van der Waals surface area contributed by atoms with Gasteiger partial charge in [-0.3, -0.25) is 9.78 Å². The first-order valence-corrected chi connectivity index (χ1v) is 9.84. The van der Waals surface area contributed by atoms with E-state index in [4.69, 9.17) is 11.6 Å². The molecule has 10 heteroatoms. The zero-order chi connectivity index (χ0) is 23.5. The SMILES string of the molecule is CCC(F)(F)c1ccccc1C(=O)NCC(F)(F)c1ncc(-c2ccnc(F)c2)cc1Cl. The van der Waals surface area contributed by atoms with Crippen LogP contribution < -0.4 is 5.32 Å². The van der Waals surface area contributed by atoms with Gasteiger partial charge in [0.2, 0.25) is 5.95 Å². The minimum atomic E-state index is -3.70. The third kappa shape index (κ3) is 5.04. The van der Waals surface area contributed by atoms with Crippen LogP contribution in [0, 0.1) is 5.95 Å². The number of rotatable bonds is 7. The van der Waals surface area contributed by atoms with Crippen molar-refractivity contribution in [1.29, 1.82) is 0 Å². The van der Waals surface area contributed by atoms with Crippen molar-refractivity contribution < 1.29 is 26.7 Å². The first kappa shape index (κ1) is 23.6. The van der Waals surface area contributed by atoms with Crippen molar-refractivity contribution in [2.45, 2.75) is 25.2 Å². The predicted octanol–water partition coefficient (Wildman–Crippen LogP) is 5.96. The third-order valence-electron chi connectivity index (χ3n) is 4.73. The van der Waals surface area contributed by atoms with Crippen molar-refractivity contribution in [3.05, 3.63) is 82.6 Å². The van der Waals surface area contributed by atoms with Gasteiger partial charge in [-0.2, -0.15) is 13.2 Å². The molecule has 0 radical (unpaired) electrons. The van der Waals surface area contributed by atoms with Crippen LogP contribution in [-0.2, 0) is 11.8 Å². The number of nitrogens with zero attached hydrogens (tertiary/aromatic N) is 2. The van der Waals surface area contributed by atoms with Crippen LogP contribution in [0.3, 0.4) is 0 Å². The van der Waals surface area contributed by atoms with Crippen molar-refractivity contribution in [3.8, 4) is 11.1 Å². The maximum absolute atomic E-state index is 14.7. The van der Waals surface area contributed by atoms with Gasteiger partial charge in [0.05, 0.1) is 11.6 Å². The van der Waals surface area contributed by atoms with Crippen LogP contribution in [0.5, 0.6) is 0 Å². The first-order valence-electron chi connectivity index (χ1n) is 9.46. The lowest BCUT2D eigenvalue weighted by Crippen LogP contribution is -2.36. The number of carbonyl (C=O) groups excluding carboxylic acids is 1. The van der Waals surface area contributed by atoms with Crippen LogP contribution in [0.4, 0.5) is 22.0 Å². The second-order valence-corrected chi connectivity index (χ2v) is 7.32. The number of pyridine rings is 2. The fraction of sp³-hybridized carbons (Fsp3) is 0.227. The maximum atomic E-state index is 14.7. The molecular formula is C22H17ClF5N3O. The highest BCUT2D eigenvalue weighted by molar-refractivity contribution is 6.31. The number of hydrogen-bond donors (Lipinski definition) is 1. The Bertz CT molecular complexity index is 1140. The van der Waals surface area contributed by atoms with Crippen LogP contribution in [0.2, 0.25) is 5.02 Å². The van der Waals surface area contributed by atoms with Crippen LogP contribution in [-0.4, -0.2) is 22.4 Å². The number of hydrogen-bond acceptors (Lipinski definition) is 3. The van der Waals surface area contributed by atoms with Gasteiger partial charge in [0, 0.05) is 41.6 Å². The highest BCUT2D eigenvalue weighted by atomic mass is 35.5. The van der Waals surface area contributed by atoms with Gasteiger partial charge in [-0.1, -0.05) is 36.7 Å². The Hall–Kier alpha value is -3.07. The molecule has 32 heavy (non-hydrogen) atoms. The van der Waals surface area contributed by atoms with Crippen molar-refractivity contribution in [2.24, 2.45) is 0 Å². The van der Waals surface area contributed by atoms with E-state index in [1.807, 2.05) is 5.32 Å². The van der Waals surface area contributed by atoms with Crippen molar-refractivity contribution in [3.63, 3.8) is 0 Å². The monoisotopic (exact) mass is 469 g/mol. The Balaban J connectivity index is 1.80. The smallest absolute Gasteiger partial charge is 0.308 e. The van der Waals surface area contributed by atoms with Gasteiger partial charge in [-0.15, -0.1) is 0 Å². The van der Waals surface area contributed by atoms with E-state index in [1.54, 1.807) is 0 Å². The lowest BCUT2D eigenvalue weighted by atomic mass is 9.99. The van der Waals surface area contributed by atoms with Crippen LogP contribution in [0.25, 0.3) is 11.1 Å². The highest BCUT2D eigenvalue weighted by Crippen LogP contribution is 2.35. The van der Waals surface area contributed by atoms with E-state index >= 15 is 0 Å². The summed E-state index contributed by atoms with van der Waals surface area (Å²) in [5, 5.41) is 1.57. The van der Waals surface area contributed by atoms with Crippen molar-refractivity contribution in [1.82, 2.24) is 15.3 Å². The van der Waals surface area contributed by atoms with Crippen LogP contribution in [0.15, 0.2) is 54.9 Å². The summed E-state index contributed by atoms with van der Waals surface area (Å²) in [6.07, 6.45) is 1.74. The number of amides is 1. The van der Waals surface area contributed by atoms with E-state index in [0.29, 0.717) is 5.56 Å². The Kier molecular flexibility index (Phi) is 6.78. The molecule has 0 saturated carbocycles. The lowest BCUT2D eigenvalue weighted by molar-refractivity contribution is -0.0104. The number of halogens is 6. The van der Waals surface area contributed by atoms with Crippen molar-refractivity contribution >= 4 is 17.5 Å². The van der Waals surface area contributed by atoms with Gasteiger partial charge in [0.25, 0.3) is 11.8 Å². The molecule has 0 aliphatic carbocycles. The quantitative estimate of drug-likeness (QED) is 0.343. The molecule has 0 aliphatic rings. The molecule has 4 nitrogen and oxygen atoms in total. The topological polar surface area (TPSA) is 54.9 Å². The second kappa shape index (κ2) is 9.20. The van der Waals surface area contributed by atoms with E-state index in [9.17, 15) is 26.7 Å². The molecule has 3 rings (SSSR count). The normalized spacial score (nSPS) is 12.0. The van der Waals surface area contributed by atoms with E-state index in [1.165, 1.54) is 37.4 Å². The van der Waals surface area contributed by atoms with E-state index in [2.05, 4.69) is 9.97 Å². The van der Waals surface area contributed by atoms with Crippen LogP contribution >= 0.6 is 11.6 Å². The van der Waals surface area contributed by atoms with Gasteiger partial charge in [0.1, 0.15) is 5.69 Å². The Morgan fingerprint density at radius 1 is 1.03 bits per heavy atom. The molecule has 0 bridgehead atoms. The second-order valence-electron chi connectivity index (χ2n) is 6.91. The number of nitrogens with one attached hydrogen (secondary N) is 1. The van der Waals surface area contributed by atoms with E-state index in [0.717, 1.165) is 24.4 Å². The molecule has 0 fully saturated rings. The molecule has 0 aliphatic heterocycles. The highest BCUT2D eigenvalue weighted by Gasteiger charge is 2.38. The summed E-state index contributed by atoms with van der Waals surface area (Å²) in [5.74, 6) is -8.82. The molecule has 0 saturated heterocycles. The summed E-state index contributed by atoms with van der Waals surface area (Å²) in [6, 6.07) is 8.65. The summed E-state index contributed by atoms with van der Waals surface area (Å²) in [7, 11) is 0. The van der Waals surface area contributed by atoms with E-state index in [-0.39, 0.29) is 5.56 Å². The number of benzene rings is 1. The molecule has 1 N–H and O–H groups in total. The average Bonchev–Trinajstić information content (AvgIpc) is 2.77. The standard InChI is InChI=1S/C22H17ClF5N3O/c1-2-21(25,26)16-6-4-3-5-15(16)20(32)31-12-22(27,28)19-17(23)9-14(11-30-19)13-7-8-29-18(24)10-13/h3-11H,2,12H2,1H3,(H,31,32). The van der Waals surface area contributed by atoms with Crippen LogP contribution in [0.1, 0.15) is 35.0 Å². The van der Waals surface area contributed by atoms with Gasteiger partial charge in [0.15, 0.2) is 0 Å². The molecule has 2 heterocycles. The van der Waals surface area contributed by atoms with E-state index < -0.39 is 58.5 Å². The molecule has 1 amide bonds. The van der Waals surface area contributed by atoms with Gasteiger partial charge < -0.3 is 5.32 Å². The molecule has 2 aromatic heterocycles. The molecular weight excluding hydrogens is 453 g/mol. The summed E-state index contributed by atoms with van der Waals surface area (Å²) < 4.78 is 71.0. The summed E-state index contributed by atoms with van der Waals surface area (Å²) in [5.41, 5.74) is -1.14. The van der Waals surface area contributed by atoms with Crippen molar-refractivity contribution in [2.75, 3.05) is 6.54 Å². The summed E-state index contributed by atoms with van der Waals surface area (Å²) >= 11 is 5.98. The Morgan fingerprint density at radius 3 is 2.41 bits per heavy atom. The molecule has 0 spiro atoms. The van der Waals surface area contributed by atoms with Gasteiger partial charge in [-0.05, 0) is 23.8 Å². The summed E-state index contributed by atoms with van der Waals surface area (Å²) in [6.45, 7) is 0.0360. The molecule has 1 aromatic carbocycles. The number of alkyl halides is 4. The lowest BCUT2D eigenvalue weighted by Gasteiger charge is -2.20. The zero-order valence-electron chi connectivity index (χ0n) is 16.7. The minimum absolute atomic E-state index is 0.288.